The Morgan fingerprint density at radius 2 is 2.00 bits per heavy atom. The second-order valence-corrected chi connectivity index (χ2v) is 8.36. The Balaban J connectivity index is 1.54. The molecule has 0 radical (unpaired) electrons. The molecule has 2 aromatic heterocycles. The molecule has 0 aliphatic heterocycles. The van der Waals surface area contributed by atoms with Crippen LogP contribution in [0.5, 0.6) is 11.5 Å². The predicted molar refractivity (Wildman–Crippen MR) is 111 cm³/mol. The van der Waals surface area contributed by atoms with Crippen molar-refractivity contribution in [3.8, 4) is 11.5 Å². The Morgan fingerprint density at radius 1 is 1.14 bits per heavy atom. The van der Waals surface area contributed by atoms with E-state index in [0.717, 1.165) is 0 Å². The van der Waals surface area contributed by atoms with Crippen molar-refractivity contribution in [2.45, 2.75) is 4.34 Å². The maximum absolute atomic E-state index is 12.3. The lowest BCUT2D eigenvalue weighted by Crippen LogP contribution is -2.14. The summed E-state index contributed by atoms with van der Waals surface area (Å²) in [6.07, 6.45) is 0. The first-order valence-electron chi connectivity index (χ1n) is 7.92. The molecule has 0 spiro atoms. The standard InChI is InChI=1S/C17H16N4O4S3/c1-24-10-5-6-12(25-2)11(8-10)18-14(22)9-27-17-21-20-16(28-17)19-15(23)13-4-3-7-26-13/h3-8H,9H2,1-2H3,(H,18,22)(H,19,20,23). The van der Waals surface area contributed by atoms with Gasteiger partial charge in [0.1, 0.15) is 11.5 Å². The number of hydrogen-bond donors (Lipinski definition) is 2. The Kier molecular flexibility index (Phi) is 6.85. The van der Waals surface area contributed by atoms with Crippen molar-refractivity contribution < 1.29 is 19.1 Å². The molecule has 3 rings (SSSR count). The number of amides is 2. The topological polar surface area (TPSA) is 102 Å². The van der Waals surface area contributed by atoms with Gasteiger partial charge in [0, 0.05) is 6.07 Å². The fourth-order valence-corrected chi connectivity index (χ4v) is 4.28. The molecule has 0 saturated carbocycles. The highest BCUT2D eigenvalue weighted by Gasteiger charge is 2.14. The molecule has 11 heteroatoms. The number of rotatable bonds is 8. The molecule has 2 heterocycles. The summed E-state index contributed by atoms with van der Waals surface area (Å²) in [5.41, 5.74) is 0.522. The van der Waals surface area contributed by atoms with E-state index in [4.69, 9.17) is 9.47 Å². The maximum Gasteiger partial charge on any atom is 0.267 e. The van der Waals surface area contributed by atoms with Gasteiger partial charge in [-0.05, 0) is 23.6 Å². The number of hydrogen-bond acceptors (Lipinski definition) is 9. The minimum absolute atomic E-state index is 0.133. The third kappa shape index (κ3) is 5.21. The van der Waals surface area contributed by atoms with Crippen LogP contribution >= 0.6 is 34.4 Å². The molecule has 28 heavy (non-hydrogen) atoms. The van der Waals surface area contributed by atoms with Gasteiger partial charge in [-0.3, -0.25) is 14.9 Å². The zero-order valence-electron chi connectivity index (χ0n) is 14.9. The van der Waals surface area contributed by atoms with E-state index in [9.17, 15) is 9.59 Å². The van der Waals surface area contributed by atoms with Crippen molar-refractivity contribution in [2.24, 2.45) is 0 Å². The molecule has 0 bridgehead atoms. The number of anilines is 2. The third-order valence-electron chi connectivity index (χ3n) is 3.38. The van der Waals surface area contributed by atoms with Gasteiger partial charge < -0.3 is 14.8 Å². The van der Waals surface area contributed by atoms with Gasteiger partial charge in [-0.2, -0.15) is 0 Å². The number of nitrogens with zero attached hydrogens (tertiary/aromatic N) is 2. The van der Waals surface area contributed by atoms with E-state index in [0.29, 0.717) is 31.5 Å². The normalized spacial score (nSPS) is 10.4. The monoisotopic (exact) mass is 436 g/mol. The summed E-state index contributed by atoms with van der Waals surface area (Å²) in [5, 5.41) is 15.6. The highest BCUT2D eigenvalue weighted by Crippen LogP contribution is 2.30. The number of thioether (sulfide) groups is 1. The molecule has 2 amide bonds. The zero-order chi connectivity index (χ0) is 19.9. The number of carbonyl (C=O) groups is 2. The molecule has 0 aliphatic rings. The second-order valence-electron chi connectivity index (χ2n) is 5.21. The smallest absolute Gasteiger partial charge is 0.267 e. The molecule has 0 aliphatic carbocycles. The van der Waals surface area contributed by atoms with Gasteiger partial charge in [-0.25, -0.2) is 0 Å². The van der Waals surface area contributed by atoms with Crippen LogP contribution in [0.15, 0.2) is 40.1 Å². The summed E-state index contributed by atoms with van der Waals surface area (Å²) in [6.45, 7) is 0. The first-order valence-corrected chi connectivity index (χ1v) is 10.6. The van der Waals surface area contributed by atoms with Gasteiger partial charge in [-0.1, -0.05) is 29.2 Å². The molecule has 8 nitrogen and oxygen atoms in total. The summed E-state index contributed by atoms with van der Waals surface area (Å²) in [5.74, 6) is 0.822. The fourth-order valence-electron chi connectivity index (χ4n) is 2.11. The van der Waals surface area contributed by atoms with Crippen LogP contribution in [0.3, 0.4) is 0 Å². The van der Waals surface area contributed by atoms with Gasteiger partial charge in [0.05, 0.1) is 30.5 Å². The highest BCUT2D eigenvalue weighted by molar-refractivity contribution is 8.01. The van der Waals surface area contributed by atoms with Crippen LogP contribution in [-0.2, 0) is 4.79 Å². The lowest BCUT2D eigenvalue weighted by Gasteiger charge is -2.11. The molecule has 0 atom stereocenters. The molecular formula is C17H16N4O4S3. The van der Waals surface area contributed by atoms with Crippen LogP contribution in [0.4, 0.5) is 10.8 Å². The van der Waals surface area contributed by atoms with Crippen molar-refractivity contribution in [3.05, 3.63) is 40.6 Å². The van der Waals surface area contributed by atoms with Crippen molar-refractivity contribution in [1.82, 2.24) is 10.2 Å². The number of nitrogens with one attached hydrogen (secondary N) is 2. The first-order chi connectivity index (χ1) is 13.6. The van der Waals surface area contributed by atoms with Gasteiger partial charge >= 0.3 is 0 Å². The molecule has 0 fully saturated rings. The van der Waals surface area contributed by atoms with E-state index >= 15 is 0 Å². The Hall–Kier alpha value is -2.63. The Labute approximate surface area is 173 Å². The molecule has 2 N–H and O–H groups in total. The number of thiophene rings is 1. The maximum atomic E-state index is 12.3. The molecule has 1 aromatic carbocycles. The van der Waals surface area contributed by atoms with E-state index < -0.39 is 0 Å². The molecule has 146 valence electrons. The van der Waals surface area contributed by atoms with Crippen molar-refractivity contribution in [2.75, 3.05) is 30.6 Å². The SMILES string of the molecule is COc1ccc(OC)c(NC(=O)CSc2nnc(NC(=O)c3cccs3)s2)c1. The molecule has 0 unspecified atom stereocenters. The minimum atomic E-state index is -0.231. The number of methoxy groups -OCH3 is 2. The Bertz CT molecular complexity index is 959. The minimum Gasteiger partial charge on any atom is -0.497 e. The lowest BCUT2D eigenvalue weighted by molar-refractivity contribution is -0.113. The lowest BCUT2D eigenvalue weighted by atomic mass is 10.2. The average Bonchev–Trinajstić information content (AvgIpc) is 3.38. The van der Waals surface area contributed by atoms with Crippen molar-refractivity contribution in [1.29, 1.82) is 0 Å². The second kappa shape index (κ2) is 9.53. The van der Waals surface area contributed by atoms with Gasteiger partial charge in [-0.15, -0.1) is 21.5 Å². The van der Waals surface area contributed by atoms with Gasteiger partial charge in [0.2, 0.25) is 11.0 Å². The Morgan fingerprint density at radius 3 is 2.71 bits per heavy atom. The summed E-state index contributed by atoms with van der Waals surface area (Å²) >= 11 is 3.78. The van der Waals surface area contributed by atoms with Crippen LogP contribution < -0.4 is 20.1 Å². The summed E-state index contributed by atoms with van der Waals surface area (Å²) in [7, 11) is 3.08. The van der Waals surface area contributed by atoms with Crippen molar-refractivity contribution in [3.63, 3.8) is 0 Å². The predicted octanol–water partition coefficient (Wildman–Crippen LogP) is 3.60. The highest BCUT2D eigenvalue weighted by atomic mass is 32.2. The summed E-state index contributed by atoms with van der Waals surface area (Å²) < 4.78 is 11.0. The van der Waals surface area contributed by atoms with E-state index in [1.807, 2.05) is 5.38 Å². The van der Waals surface area contributed by atoms with Crippen molar-refractivity contribution >= 4 is 57.1 Å². The van der Waals surface area contributed by atoms with E-state index in [-0.39, 0.29) is 17.6 Å². The van der Waals surface area contributed by atoms with Crippen LogP contribution in [0.2, 0.25) is 0 Å². The summed E-state index contributed by atoms with van der Waals surface area (Å²) in [4.78, 5) is 24.9. The van der Waals surface area contributed by atoms with Crippen LogP contribution in [-0.4, -0.2) is 42.0 Å². The summed E-state index contributed by atoms with van der Waals surface area (Å²) in [6, 6.07) is 8.68. The van der Waals surface area contributed by atoms with Gasteiger partial charge in [0.25, 0.3) is 5.91 Å². The molecule has 3 aromatic rings. The quantitative estimate of drug-likeness (QED) is 0.411. The molecular weight excluding hydrogens is 420 g/mol. The first kappa shape index (κ1) is 20.1. The van der Waals surface area contributed by atoms with E-state index in [2.05, 4.69) is 20.8 Å². The number of ether oxygens (including phenoxy) is 2. The zero-order valence-corrected chi connectivity index (χ0v) is 17.4. The third-order valence-corrected chi connectivity index (χ3v) is 6.22. The van der Waals surface area contributed by atoms with Gasteiger partial charge in [0.15, 0.2) is 4.34 Å². The number of aromatic nitrogens is 2. The largest absolute Gasteiger partial charge is 0.497 e. The van der Waals surface area contributed by atoms with Crippen LogP contribution in [0.25, 0.3) is 0 Å². The number of carbonyl (C=O) groups excluding carboxylic acids is 2. The number of benzene rings is 1. The van der Waals surface area contributed by atoms with E-state index in [1.165, 1.54) is 41.5 Å². The fraction of sp³-hybridized carbons (Fsp3) is 0.176. The van der Waals surface area contributed by atoms with Crippen LogP contribution in [0, 0.1) is 0 Å². The molecule has 0 saturated heterocycles. The average molecular weight is 437 g/mol. The van der Waals surface area contributed by atoms with Crippen LogP contribution in [0.1, 0.15) is 9.67 Å². The van der Waals surface area contributed by atoms with E-state index in [1.54, 1.807) is 37.4 Å².